The summed E-state index contributed by atoms with van der Waals surface area (Å²) in [7, 11) is 1.63. The van der Waals surface area contributed by atoms with Crippen molar-refractivity contribution in [2.75, 3.05) is 7.11 Å². The predicted molar refractivity (Wildman–Crippen MR) is 120 cm³/mol. The van der Waals surface area contributed by atoms with Crippen molar-refractivity contribution < 1.29 is 24.1 Å². The third kappa shape index (κ3) is 3.92. The molecule has 1 unspecified atom stereocenters. The molecule has 0 saturated heterocycles. The maximum atomic E-state index is 10.1. The third-order valence-electron chi connectivity index (χ3n) is 5.76. The highest BCUT2D eigenvalue weighted by molar-refractivity contribution is 6.03. The molecule has 0 radical (unpaired) electrons. The number of aliphatic hydroxyl groups is 2. The molecule has 7 nitrogen and oxygen atoms in total. The van der Waals surface area contributed by atoms with Crippen molar-refractivity contribution in [3.05, 3.63) is 60.9 Å². The number of aromatic nitrogens is 2. The Kier molecular flexibility index (Phi) is 5.51. The minimum atomic E-state index is -0.605. The van der Waals surface area contributed by atoms with Gasteiger partial charge in [-0.1, -0.05) is 42.5 Å². The summed E-state index contributed by atoms with van der Waals surface area (Å²) in [6, 6.07) is 17.5. The number of furan rings is 1. The van der Waals surface area contributed by atoms with Crippen molar-refractivity contribution in [3.8, 4) is 34.1 Å². The van der Waals surface area contributed by atoms with Crippen LogP contribution in [0.1, 0.15) is 19.3 Å². The molecule has 0 bridgehead atoms. The van der Waals surface area contributed by atoms with E-state index in [1.165, 1.54) is 6.33 Å². The van der Waals surface area contributed by atoms with Crippen LogP contribution in [-0.2, 0) is 0 Å². The lowest BCUT2D eigenvalue weighted by Crippen LogP contribution is -2.36. The highest BCUT2D eigenvalue weighted by atomic mass is 16.5. The summed E-state index contributed by atoms with van der Waals surface area (Å²) < 4.78 is 17.7. The fourth-order valence-electron chi connectivity index (χ4n) is 4.29. The first-order valence-corrected chi connectivity index (χ1v) is 10.6. The Hall–Kier alpha value is -3.42. The van der Waals surface area contributed by atoms with Crippen molar-refractivity contribution in [2.45, 2.75) is 37.6 Å². The number of rotatable bonds is 5. The van der Waals surface area contributed by atoms with Gasteiger partial charge in [0.05, 0.1) is 19.3 Å². The van der Waals surface area contributed by atoms with Gasteiger partial charge >= 0.3 is 0 Å². The molecule has 2 heterocycles. The van der Waals surface area contributed by atoms with Gasteiger partial charge in [0.1, 0.15) is 29.3 Å². The molecular weight excluding hydrogens is 408 g/mol. The number of aliphatic hydroxyl groups excluding tert-OH is 2. The van der Waals surface area contributed by atoms with Gasteiger partial charge in [-0.3, -0.25) is 0 Å². The van der Waals surface area contributed by atoms with Gasteiger partial charge in [0.25, 0.3) is 0 Å². The average Bonchev–Trinajstić information content (AvgIpc) is 3.20. The Bertz CT molecular complexity index is 1200. The summed E-state index contributed by atoms with van der Waals surface area (Å²) in [5.74, 6) is 1.79. The summed E-state index contributed by atoms with van der Waals surface area (Å²) >= 11 is 0. The van der Waals surface area contributed by atoms with E-state index in [0.717, 1.165) is 22.4 Å². The van der Waals surface area contributed by atoms with Crippen molar-refractivity contribution in [1.82, 2.24) is 9.97 Å². The smallest absolute Gasteiger partial charge is 0.234 e. The third-order valence-corrected chi connectivity index (χ3v) is 5.76. The molecular formula is C25H24N2O5. The maximum Gasteiger partial charge on any atom is 0.234 e. The molecule has 2 aromatic carbocycles. The maximum absolute atomic E-state index is 10.1. The Balaban J connectivity index is 1.66. The Morgan fingerprint density at radius 3 is 2.28 bits per heavy atom. The minimum absolute atomic E-state index is 0.356. The number of nitrogens with zero attached hydrogens (tertiary/aromatic N) is 2. The zero-order valence-electron chi connectivity index (χ0n) is 17.6. The molecule has 1 saturated carbocycles. The molecule has 0 amide bonds. The molecule has 0 spiro atoms. The molecule has 3 atom stereocenters. The lowest BCUT2D eigenvalue weighted by Gasteiger charge is -2.29. The lowest BCUT2D eigenvalue weighted by atomic mass is 9.92. The van der Waals surface area contributed by atoms with Gasteiger partial charge in [-0.25, -0.2) is 9.97 Å². The lowest BCUT2D eigenvalue weighted by molar-refractivity contribution is -0.0163. The van der Waals surface area contributed by atoms with Gasteiger partial charge < -0.3 is 24.1 Å². The Morgan fingerprint density at radius 2 is 1.59 bits per heavy atom. The van der Waals surface area contributed by atoms with Gasteiger partial charge in [0, 0.05) is 24.0 Å². The van der Waals surface area contributed by atoms with E-state index < -0.39 is 12.2 Å². The normalized spacial score (nSPS) is 20.9. The van der Waals surface area contributed by atoms with Crippen LogP contribution >= 0.6 is 0 Å². The van der Waals surface area contributed by atoms with E-state index in [1.807, 2.05) is 54.6 Å². The van der Waals surface area contributed by atoms with Gasteiger partial charge in [-0.2, -0.15) is 0 Å². The molecule has 7 heteroatoms. The van der Waals surface area contributed by atoms with Crippen LogP contribution in [0.2, 0.25) is 0 Å². The van der Waals surface area contributed by atoms with E-state index in [4.69, 9.17) is 13.9 Å². The summed E-state index contributed by atoms with van der Waals surface area (Å²) in [5, 5.41) is 20.8. The molecule has 5 rings (SSSR count). The van der Waals surface area contributed by atoms with Crippen LogP contribution in [-0.4, -0.2) is 45.6 Å². The van der Waals surface area contributed by atoms with E-state index in [-0.39, 0.29) is 6.10 Å². The first-order chi connectivity index (χ1) is 15.6. The van der Waals surface area contributed by atoms with Crippen LogP contribution < -0.4 is 9.47 Å². The standard InChI is InChI=1S/C25H24N2O5/c1-30-19-9-7-15(8-10-19)21-22-24(31-20-12-17(28)11-18(29)13-20)26-14-27-25(22)32-23(21)16-5-3-2-4-6-16/h2-10,14,17-18,20,28-29H,11-13H2,1H3/t17-,18+,20?. The van der Waals surface area contributed by atoms with E-state index in [0.29, 0.717) is 42.0 Å². The molecule has 164 valence electrons. The Labute approximate surface area is 185 Å². The van der Waals surface area contributed by atoms with E-state index in [1.54, 1.807) is 7.11 Å². The molecule has 4 aromatic rings. The molecule has 1 aliphatic rings. The van der Waals surface area contributed by atoms with Gasteiger partial charge in [-0.15, -0.1) is 0 Å². The second-order valence-corrected chi connectivity index (χ2v) is 8.01. The van der Waals surface area contributed by atoms with Crippen molar-refractivity contribution in [1.29, 1.82) is 0 Å². The fraction of sp³-hybridized carbons (Fsp3) is 0.280. The summed E-state index contributed by atoms with van der Waals surface area (Å²) in [4.78, 5) is 8.75. The number of ether oxygens (including phenoxy) is 2. The molecule has 1 aliphatic carbocycles. The van der Waals surface area contributed by atoms with Gasteiger partial charge in [0.15, 0.2) is 0 Å². The largest absolute Gasteiger partial charge is 0.497 e. The average molecular weight is 432 g/mol. The molecule has 1 fully saturated rings. The second-order valence-electron chi connectivity index (χ2n) is 8.01. The number of methoxy groups -OCH3 is 1. The number of fused-ring (bicyclic) bond motifs is 1. The zero-order chi connectivity index (χ0) is 22.1. The number of hydrogen-bond donors (Lipinski definition) is 2. The molecule has 2 N–H and O–H groups in total. The highest BCUT2D eigenvalue weighted by Crippen LogP contribution is 2.44. The van der Waals surface area contributed by atoms with Crippen LogP contribution in [0.5, 0.6) is 11.6 Å². The first-order valence-electron chi connectivity index (χ1n) is 10.6. The first kappa shape index (κ1) is 20.5. The van der Waals surface area contributed by atoms with Crippen LogP contribution in [0.25, 0.3) is 33.6 Å². The predicted octanol–water partition coefficient (Wildman–Crippen LogP) is 4.22. The van der Waals surface area contributed by atoms with Crippen LogP contribution in [0.15, 0.2) is 65.3 Å². The minimum Gasteiger partial charge on any atom is -0.497 e. The fourth-order valence-corrected chi connectivity index (χ4v) is 4.29. The topological polar surface area (TPSA) is 97.8 Å². The summed E-state index contributed by atoms with van der Waals surface area (Å²) in [6.07, 6.45) is 1.07. The summed E-state index contributed by atoms with van der Waals surface area (Å²) in [6.45, 7) is 0. The molecule has 32 heavy (non-hydrogen) atoms. The number of benzene rings is 2. The quantitative estimate of drug-likeness (QED) is 0.487. The highest BCUT2D eigenvalue weighted by Gasteiger charge is 2.30. The number of hydrogen-bond acceptors (Lipinski definition) is 7. The Morgan fingerprint density at radius 1 is 0.875 bits per heavy atom. The van der Waals surface area contributed by atoms with Gasteiger partial charge in [-0.05, 0) is 24.1 Å². The van der Waals surface area contributed by atoms with Crippen molar-refractivity contribution >= 4 is 11.1 Å². The van der Waals surface area contributed by atoms with Gasteiger partial charge in [0.2, 0.25) is 11.6 Å². The molecule has 0 aliphatic heterocycles. The zero-order valence-corrected chi connectivity index (χ0v) is 17.6. The van der Waals surface area contributed by atoms with E-state index in [9.17, 15) is 10.2 Å². The molecule has 2 aromatic heterocycles. The van der Waals surface area contributed by atoms with Crippen LogP contribution in [0, 0.1) is 0 Å². The second kappa shape index (κ2) is 8.61. The van der Waals surface area contributed by atoms with Crippen molar-refractivity contribution in [2.24, 2.45) is 0 Å². The van der Waals surface area contributed by atoms with Crippen LogP contribution in [0.3, 0.4) is 0 Å². The van der Waals surface area contributed by atoms with Crippen molar-refractivity contribution in [3.63, 3.8) is 0 Å². The monoisotopic (exact) mass is 432 g/mol. The van der Waals surface area contributed by atoms with Crippen LogP contribution in [0.4, 0.5) is 0 Å². The van der Waals surface area contributed by atoms with E-state index in [2.05, 4.69) is 9.97 Å². The van der Waals surface area contributed by atoms with E-state index >= 15 is 0 Å². The summed E-state index contributed by atoms with van der Waals surface area (Å²) in [5.41, 5.74) is 3.05. The SMILES string of the molecule is COc1ccc(-c2c(-c3ccccc3)oc3ncnc(OC4C[C@@H](O)C[C@@H](O)C4)c23)cc1.